The number of aromatic nitrogens is 8. The van der Waals surface area contributed by atoms with Crippen LogP contribution in [0.3, 0.4) is 0 Å². The molecule has 7 heterocycles. The van der Waals surface area contributed by atoms with Crippen LogP contribution in [-0.2, 0) is 39.8 Å². The summed E-state index contributed by atoms with van der Waals surface area (Å²) in [4.78, 5) is 68.7. The Kier molecular flexibility index (Phi) is 18.0. The lowest BCUT2D eigenvalue weighted by atomic mass is 9.99. The van der Waals surface area contributed by atoms with Crippen molar-refractivity contribution in [3.8, 4) is 21.9 Å². The number of aliphatic imine (C=N–C) groups is 1. The summed E-state index contributed by atoms with van der Waals surface area (Å²) < 4.78 is 43.9. The normalized spacial score (nSPS) is 13.5. The molecule has 0 saturated heterocycles. The second-order valence-corrected chi connectivity index (χ2v) is 19.9. The molecule has 2 amide bonds. The number of rotatable bonds is 25. The highest BCUT2D eigenvalue weighted by molar-refractivity contribution is 7.17. The van der Waals surface area contributed by atoms with Crippen LogP contribution in [0.2, 0.25) is 5.02 Å². The number of fused-ring (bicyclic) bond motifs is 6. The van der Waals surface area contributed by atoms with Crippen molar-refractivity contribution in [3.05, 3.63) is 133 Å². The average molecular weight is 1120 g/mol. The minimum Gasteiger partial charge on any atom is -0.496 e. The number of nitrogens with zero attached hydrogens (tertiary/aromatic N) is 9. The molecule has 22 nitrogen and oxygen atoms in total. The molecule has 79 heavy (non-hydrogen) atoms. The Morgan fingerprint density at radius 2 is 1.54 bits per heavy atom. The number of thiophene rings is 1. The molecule has 0 bridgehead atoms. The van der Waals surface area contributed by atoms with Gasteiger partial charge in [0, 0.05) is 46.4 Å². The second kappa shape index (κ2) is 25.4. The van der Waals surface area contributed by atoms with Gasteiger partial charge < -0.3 is 43.6 Å². The summed E-state index contributed by atoms with van der Waals surface area (Å²) in [6, 6.07) is 15.4. The molecule has 0 radical (unpaired) electrons. The molecule has 24 heteroatoms. The number of pyridine rings is 2. The minimum absolute atomic E-state index is 0.0451. The van der Waals surface area contributed by atoms with E-state index in [0.717, 1.165) is 32.8 Å². The van der Waals surface area contributed by atoms with E-state index in [1.54, 1.807) is 36.2 Å². The monoisotopic (exact) mass is 1120 g/mol. The maximum atomic E-state index is 14.4. The Bertz CT molecular complexity index is 3570. The van der Waals surface area contributed by atoms with Crippen molar-refractivity contribution in [3.63, 3.8) is 0 Å². The molecular formula is C55H60ClN11O11S. The number of benzene rings is 2. The standard InChI is InChI=1S/C55H60ClN11O11S/c1-31-47-49(36-11-13-37(56)14-12-36)61-42(28-46(69)73-7)52-63-62-35(5)67(52)54(47)79-51(31)53(70)59-17-19-75-21-23-77-25-24-76-22-20-74-18-16-58-45(68)30-65-43-29-60-41-26-39(48-32(2)64-78-34(48)4)44(72-6)27-38(41)50(43)66(55(65)71)33(3)40-10-8-9-15-57-40/h8-15,26-27,29,33,42H,16-25,28,30H2,1-7H3,(H,58,68)(H,59,70)/t33-,42+/m1/s1. The summed E-state index contributed by atoms with van der Waals surface area (Å²) >= 11 is 7.54. The number of methoxy groups -OCH3 is 2. The van der Waals surface area contributed by atoms with Gasteiger partial charge >= 0.3 is 11.7 Å². The van der Waals surface area contributed by atoms with Crippen LogP contribution >= 0.6 is 22.9 Å². The maximum absolute atomic E-state index is 14.4. The zero-order valence-electron chi connectivity index (χ0n) is 44.8. The van der Waals surface area contributed by atoms with Crippen molar-refractivity contribution in [2.45, 2.75) is 59.7 Å². The van der Waals surface area contributed by atoms with E-state index in [-0.39, 0.29) is 51.1 Å². The molecule has 2 N–H and O–H groups in total. The Balaban J connectivity index is 0.694. The van der Waals surface area contributed by atoms with Crippen molar-refractivity contribution >= 4 is 68.4 Å². The van der Waals surface area contributed by atoms with Crippen LogP contribution in [0, 0.1) is 27.7 Å². The number of esters is 1. The van der Waals surface area contributed by atoms with E-state index in [1.807, 2.05) is 81.7 Å². The van der Waals surface area contributed by atoms with Crippen LogP contribution in [0.15, 0.2) is 81.3 Å². The van der Waals surface area contributed by atoms with Gasteiger partial charge in [-0.05, 0) is 76.6 Å². The summed E-state index contributed by atoms with van der Waals surface area (Å²) in [7, 11) is 2.91. The zero-order chi connectivity index (χ0) is 55.7. The Hall–Kier alpha value is -7.67. The molecule has 1 aliphatic rings. The van der Waals surface area contributed by atoms with Crippen molar-refractivity contribution < 1.29 is 47.3 Å². The van der Waals surface area contributed by atoms with Gasteiger partial charge in [0.05, 0.1) is 130 Å². The summed E-state index contributed by atoms with van der Waals surface area (Å²) in [5.74, 6) is 1.16. The van der Waals surface area contributed by atoms with Crippen LogP contribution in [0.5, 0.6) is 5.75 Å². The zero-order valence-corrected chi connectivity index (χ0v) is 46.4. The first kappa shape index (κ1) is 56.1. The molecule has 0 unspecified atom stereocenters. The molecule has 0 fully saturated rings. The lowest BCUT2D eigenvalue weighted by Gasteiger charge is -2.15. The summed E-state index contributed by atoms with van der Waals surface area (Å²) in [5.41, 5.74) is 7.06. The summed E-state index contributed by atoms with van der Waals surface area (Å²) in [5, 5.41) is 20.6. The van der Waals surface area contributed by atoms with Gasteiger partial charge in [0.15, 0.2) is 5.82 Å². The van der Waals surface area contributed by atoms with E-state index in [0.29, 0.717) is 112 Å². The van der Waals surface area contributed by atoms with E-state index in [4.69, 9.17) is 54.5 Å². The highest BCUT2D eigenvalue weighted by atomic mass is 35.5. The third-order valence-electron chi connectivity index (χ3n) is 13.3. The van der Waals surface area contributed by atoms with Crippen LogP contribution in [0.4, 0.5) is 0 Å². The van der Waals surface area contributed by atoms with Gasteiger partial charge in [-0.15, -0.1) is 21.5 Å². The number of hydrogen-bond donors (Lipinski definition) is 2. The minimum atomic E-state index is -0.680. The van der Waals surface area contributed by atoms with Crippen molar-refractivity contribution in [2.24, 2.45) is 4.99 Å². The van der Waals surface area contributed by atoms with Crippen LogP contribution in [0.25, 0.3) is 38.1 Å². The molecule has 8 aromatic rings. The van der Waals surface area contributed by atoms with Crippen LogP contribution in [-0.4, -0.2) is 143 Å². The van der Waals surface area contributed by atoms with E-state index in [9.17, 15) is 19.2 Å². The number of carbonyl (C=O) groups excluding carboxylic acids is 3. The molecule has 414 valence electrons. The quantitative estimate of drug-likeness (QED) is 0.0451. The molecular weight excluding hydrogens is 1060 g/mol. The fourth-order valence-electron chi connectivity index (χ4n) is 9.49. The Labute approximate surface area is 463 Å². The van der Waals surface area contributed by atoms with Crippen molar-refractivity contribution in [2.75, 3.05) is 80.2 Å². The van der Waals surface area contributed by atoms with Gasteiger partial charge in [-0.2, -0.15) is 0 Å². The number of carbonyl (C=O) groups is 3. The fraction of sp³-hybridized carbons (Fsp3) is 0.382. The molecule has 0 saturated carbocycles. The number of hydrogen-bond acceptors (Lipinski definition) is 18. The Morgan fingerprint density at radius 1 is 0.848 bits per heavy atom. The maximum Gasteiger partial charge on any atom is 0.330 e. The Morgan fingerprint density at radius 3 is 2.19 bits per heavy atom. The summed E-state index contributed by atoms with van der Waals surface area (Å²) in [6.07, 6.45) is 3.25. The van der Waals surface area contributed by atoms with Gasteiger partial charge in [0.25, 0.3) is 5.91 Å². The number of imidazole rings is 1. The second-order valence-electron chi connectivity index (χ2n) is 18.4. The van der Waals surface area contributed by atoms with E-state index >= 15 is 0 Å². The third-order valence-corrected chi connectivity index (χ3v) is 14.9. The predicted molar refractivity (Wildman–Crippen MR) is 295 cm³/mol. The van der Waals surface area contributed by atoms with Crippen LogP contribution in [0.1, 0.15) is 80.6 Å². The smallest absolute Gasteiger partial charge is 0.330 e. The molecule has 1 aliphatic heterocycles. The number of halogens is 1. The molecule has 9 rings (SSSR count). The van der Waals surface area contributed by atoms with Crippen molar-refractivity contribution in [1.29, 1.82) is 0 Å². The molecule has 2 aromatic carbocycles. The fourth-order valence-corrected chi connectivity index (χ4v) is 10.9. The topological polar surface area (TPSA) is 252 Å². The number of amides is 2. The first-order valence-corrected chi connectivity index (χ1v) is 26.8. The molecule has 0 spiro atoms. The summed E-state index contributed by atoms with van der Waals surface area (Å²) in [6.45, 7) is 12.0. The van der Waals surface area contributed by atoms with Crippen LogP contribution < -0.4 is 21.1 Å². The predicted octanol–water partition coefficient (Wildman–Crippen LogP) is 6.62. The highest BCUT2D eigenvalue weighted by Gasteiger charge is 2.34. The van der Waals surface area contributed by atoms with Gasteiger partial charge in [0.2, 0.25) is 5.91 Å². The highest BCUT2D eigenvalue weighted by Crippen LogP contribution is 2.42. The number of nitrogens with one attached hydrogen (secondary N) is 2. The lowest BCUT2D eigenvalue weighted by Crippen LogP contribution is -2.35. The first-order chi connectivity index (χ1) is 38.3. The van der Waals surface area contributed by atoms with Gasteiger partial charge in [-0.25, -0.2) is 4.79 Å². The lowest BCUT2D eigenvalue weighted by molar-refractivity contribution is -0.141. The average Bonchev–Trinajstić information content (AvgIpc) is 4.22. The largest absolute Gasteiger partial charge is 0.496 e. The van der Waals surface area contributed by atoms with E-state index in [2.05, 4.69) is 31.0 Å². The SMILES string of the molecule is COC(=O)C[C@@H]1N=C(c2ccc(Cl)cc2)c2c(sc(C(=O)NCCOCCOCCOCCOCCNC(=O)Cn3c(=O)n([C@H](C)c4ccccn4)c4c5cc(OC)c(-c6c(C)noc6C)cc5ncc43)c2C)-n2c(C)nnc21. The number of ether oxygens (including phenoxy) is 6. The van der Waals surface area contributed by atoms with Gasteiger partial charge in [0.1, 0.15) is 34.9 Å². The van der Waals surface area contributed by atoms with Crippen molar-refractivity contribution in [1.82, 2.24) is 49.7 Å². The third kappa shape index (κ3) is 12.2. The van der Waals surface area contributed by atoms with Gasteiger partial charge in [-0.3, -0.25) is 43.0 Å². The molecule has 0 aliphatic carbocycles. The molecule has 6 aromatic heterocycles. The van der Waals surface area contributed by atoms with E-state index < -0.39 is 23.7 Å². The van der Waals surface area contributed by atoms with Gasteiger partial charge in [-0.1, -0.05) is 35.0 Å². The molecule has 2 atom stereocenters. The first-order valence-electron chi connectivity index (χ1n) is 25.6. The number of aryl methyl sites for hydroxylation is 3. The van der Waals surface area contributed by atoms with E-state index in [1.165, 1.54) is 23.0 Å².